The van der Waals surface area contributed by atoms with Gasteiger partial charge in [0.1, 0.15) is 11.6 Å². The number of hydrogen-bond acceptors (Lipinski definition) is 2. The molecule has 0 atom stereocenters. The van der Waals surface area contributed by atoms with Gasteiger partial charge in [-0.2, -0.15) is 0 Å². The average Bonchev–Trinajstić information content (AvgIpc) is 2.30. The van der Waals surface area contributed by atoms with Crippen LogP contribution in [-0.2, 0) is 0 Å². The van der Waals surface area contributed by atoms with Gasteiger partial charge in [-0.1, -0.05) is 6.07 Å². The van der Waals surface area contributed by atoms with Crippen LogP contribution in [-0.4, -0.2) is 4.98 Å². The standard InChI is InChI=1S/C13H12BrFN2/c1-8-6-13(16-7-10(8)14)17-12-5-3-4-11(15)9(12)2/h3-7H,1-2H3,(H,16,17). The van der Waals surface area contributed by atoms with Crippen molar-refractivity contribution < 1.29 is 4.39 Å². The fraction of sp³-hybridized carbons (Fsp3) is 0.154. The van der Waals surface area contributed by atoms with Crippen molar-refractivity contribution >= 4 is 27.4 Å². The first-order chi connectivity index (χ1) is 8.08. The molecule has 2 aromatic rings. The molecule has 0 saturated heterocycles. The molecule has 0 amide bonds. The Kier molecular flexibility index (Phi) is 3.43. The summed E-state index contributed by atoms with van der Waals surface area (Å²) in [5.41, 5.74) is 2.41. The number of aromatic nitrogens is 1. The summed E-state index contributed by atoms with van der Waals surface area (Å²) in [6.07, 6.45) is 1.73. The first-order valence-electron chi connectivity index (χ1n) is 5.22. The van der Waals surface area contributed by atoms with E-state index in [0.717, 1.165) is 15.7 Å². The van der Waals surface area contributed by atoms with E-state index in [-0.39, 0.29) is 5.82 Å². The maximum atomic E-state index is 13.4. The Labute approximate surface area is 108 Å². The van der Waals surface area contributed by atoms with Crippen LogP contribution >= 0.6 is 15.9 Å². The van der Waals surface area contributed by atoms with E-state index in [1.54, 1.807) is 19.2 Å². The van der Waals surface area contributed by atoms with Crippen LogP contribution in [0.4, 0.5) is 15.9 Å². The fourth-order valence-corrected chi connectivity index (χ4v) is 1.71. The van der Waals surface area contributed by atoms with E-state index in [1.807, 2.05) is 19.1 Å². The van der Waals surface area contributed by atoms with Crippen LogP contribution in [0.3, 0.4) is 0 Å². The van der Waals surface area contributed by atoms with Gasteiger partial charge in [-0.25, -0.2) is 9.37 Å². The Morgan fingerprint density at radius 2 is 2.06 bits per heavy atom. The van der Waals surface area contributed by atoms with E-state index < -0.39 is 0 Å². The number of halogens is 2. The van der Waals surface area contributed by atoms with Gasteiger partial charge < -0.3 is 5.32 Å². The highest BCUT2D eigenvalue weighted by Crippen LogP contribution is 2.23. The predicted octanol–water partition coefficient (Wildman–Crippen LogP) is 4.34. The van der Waals surface area contributed by atoms with Crippen LogP contribution in [0.5, 0.6) is 0 Å². The second-order valence-corrected chi connectivity index (χ2v) is 4.71. The average molecular weight is 295 g/mol. The molecule has 0 aliphatic rings. The molecule has 88 valence electrons. The van der Waals surface area contributed by atoms with Crippen LogP contribution in [0.1, 0.15) is 11.1 Å². The third-order valence-electron chi connectivity index (χ3n) is 2.58. The third-order valence-corrected chi connectivity index (χ3v) is 3.41. The van der Waals surface area contributed by atoms with Crippen molar-refractivity contribution in [3.63, 3.8) is 0 Å². The molecule has 0 spiro atoms. The minimum Gasteiger partial charge on any atom is -0.340 e. The van der Waals surface area contributed by atoms with E-state index in [4.69, 9.17) is 0 Å². The van der Waals surface area contributed by atoms with Gasteiger partial charge in [-0.15, -0.1) is 0 Å². The van der Waals surface area contributed by atoms with Crippen molar-refractivity contribution in [2.24, 2.45) is 0 Å². The molecule has 0 saturated carbocycles. The zero-order valence-corrected chi connectivity index (χ0v) is 11.2. The monoisotopic (exact) mass is 294 g/mol. The lowest BCUT2D eigenvalue weighted by molar-refractivity contribution is 0.619. The SMILES string of the molecule is Cc1cc(Nc2cccc(F)c2C)ncc1Br. The van der Waals surface area contributed by atoms with Crippen molar-refractivity contribution in [2.75, 3.05) is 5.32 Å². The lowest BCUT2D eigenvalue weighted by atomic mass is 10.2. The Balaban J connectivity index is 2.31. The summed E-state index contributed by atoms with van der Waals surface area (Å²) in [5.74, 6) is 0.489. The Bertz CT molecular complexity index is 555. The lowest BCUT2D eigenvalue weighted by Gasteiger charge is -2.10. The second-order valence-electron chi connectivity index (χ2n) is 3.86. The summed E-state index contributed by atoms with van der Waals surface area (Å²) in [6.45, 7) is 3.72. The Morgan fingerprint density at radius 3 is 2.76 bits per heavy atom. The topological polar surface area (TPSA) is 24.9 Å². The zero-order chi connectivity index (χ0) is 12.4. The minimum absolute atomic E-state index is 0.219. The molecule has 0 fully saturated rings. The summed E-state index contributed by atoms with van der Waals surface area (Å²) in [7, 11) is 0. The first kappa shape index (κ1) is 12.0. The number of aryl methyl sites for hydroxylation is 1. The molecule has 17 heavy (non-hydrogen) atoms. The van der Waals surface area contributed by atoms with Gasteiger partial charge in [-0.05, 0) is 53.5 Å². The van der Waals surface area contributed by atoms with Gasteiger partial charge in [0, 0.05) is 21.9 Å². The molecular weight excluding hydrogens is 283 g/mol. The van der Waals surface area contributed by atoms with Crippen LogP contribution in [0.2, 0.25) is 0 Å². The molecule has 0 aliphatic heterocycles. The van der Waals surface area contributed by atoms with Crippen molar-refractivity contribution in [2.45, 2.75) is 13.8 Å². The van der Waals surface area contributed by atoms with E-state index >= 15 is 0 Å². The number of benzene rings is 1. The molecule has 1 aromatic carbocycles. The fourth-order valence-electron chi connectivity index (χ4n) is 1.49. The zero-order valence-electron chi connectivity index (χ0n) is 9.59. The summed E-state index contributed by atoms with van der Waals surface area (Å²) >= 11 is 3.39. The first-order valence-corrected chi connectivity index (χ1v) is 6.01. The number of rotatable bonds is 2. The van der Waals surface area contributed by atoms with Gasteiger partial charge in [0.25, 0.3) is 0 Å². The summed E-state index contributed by atoms with van der Waals surface area (Å²) < 4.78 is 14.3. The van der Waals surface area contributed by atoms with Crippen LogP contribution in [0, 0.1) is 19.7 Å². The maximum absolute atomic E-state index is 13.4. The highest BCUT2D eigenvalue weighted by atomic mass is 79.9. The molecule has 1 aromatic heterocycles. The molecule has 0 bridgehead atoms. The molecule has 1 heterocycles. The summed E-state index contributed by atoms with van der Waals surface area (Å²) in [5, 5.41) is 3.11. The van der Waals surface area contributed by atoms with Crippen LogP contribution < -0.4 is 5.32 Å². The molecule has 4 heteroatoms. The summed E-state index contributed by atoms with van der Waals surface area (Å²) in [4.78, 5) is 4.22. The number of anilines is 2. The third kappa shape index (κ3) is 2.64. The number of nitrogens with one attached hydrogen (secondary N) is 1. The molecule has 0 radical (unpaired) electrons. The largest absolute Gasteiger partial charge is 0.340 e. The molecule has 0 aliphatic carbocycles. The highest BCUT2D eigenvalue weighted by molar-refractivity contribution is 9.10. The normalized spacial score (nSPS) is 10.4. The number of hydrogen-bond donors (Lipinski definition) is 1. The van der Waals surface area contributed by atoms with Gasteiger partial charge in [0.15, 0.2) is 0 Å². The summed E-state index contributed by atoms with van der Waals surface area (Å²) in [6, 6.07) is 6.86. The quantitative estimate of drug-likeness (QED) is 0.891. The van der Waals surface area contributed by atoms with Gasteiger partial charge in [0.2, 0.25) is 0 Å². The molecular formula is C13H12BrFN2. The second kappa shape index (κ2) is 4.84. The highest BCUT2D eigenvalue weighted by Gasteiger charge is 2.05. The van der Waals surface area contributed by atoms with Crippen molar-refractivity contribution in [1.82, 2.24) is 4.98 Å². The van der Waals surface area contributed by atoms with E-state index in [0.29, 0.717) is 11.4 Å². The Hall–Kier alpha value is -1.42. The van der Waals surface area contributed by atoms with Gasteiger partial charge in [0.05, 0.1) is 0 Å². The predicted molar refractivity (Wildman–Crippen MR) is 71.1 cm³/mol. The van der Waals surface area contributed by atoms with Crippen molar-refractivity contribution in [3.8, 4) is 0 Å². The molecule has 2 nitrogen and oxygen atoms in total. The van der Waals surface area contributed by atoms with Crippen LogP contribution in [0.15, 0.2) is 34.9 Å². The van der Waals surface area contributed by atoms with Crippen LogP contribution in [0.25, 0.3) is 0 Å². The lowest BCUT2D eigenvalue weighted by Crippen LogP contribution is -1.97. The molecule has 0 unspecified atom stereocenters. The smallest absolute Gasteiger partial charge is 0.130 e. The molecule has 1 N–H and O–H groups in total. The Morgan fingerprint density at radius 1 is 1.29 bits per heavy atom. The van der Waals surface area contributed by atoms with Gasteiger partial charge >= 0.3 is 0 Å². The van der Waals surface area contributed by atoms with Crippen molar-refractivity contribution in [3.05, 3.63) is 51.9 Å². The minimum atomic E-state index is -0.219. The molecule has 2 rings (SSSR count). The van der Waals surface area contributed by atoms with E-state index in [2.05, 4.69) is 26.2 Å². The van der Waals surface area contributed by atoms with Gasteiger partial charge in [-0.3, -0.25) is 0 Å². The van der Waals surface area contributed by atoms with E-state index in [1.165, 1.54) is 6.07 Å². The van der Waals surface area contributed by atoms with Crippen molar-refractivity contribution in [1.29, 1.82) is 0 Å². The number of nitrogens with zero attached hydrogens (tertiary/aromatic N) is 1. The number of pyridine rings is 1. The maximum Gasteiger partial charge on any atom is 0.130 e. The van der Waals surface area contributed by atoms with E-state index in [9.17, 15) is 4.39 Å².